The van der Waals surface area contributed by atoms with E-state index in [0.717, 1.165) is 25.6 Å². The van der Waals surface area contributed by atoms with Gasteiger partial charge in [0.05, 0.1) is 0 Å². The Hall–Kier alpha value is -1.89. The van der Waals surface area contributed by atoms with E-state index >= 15 is 0 Å². The van der Waals surface area contributed by atoms with Gasteiger partial charge in [-0.2, -0.15) is 0 Å². The normalized spacial score (nSPS) is 26.7. The number of aromatic amines is 1. The lowest BCUT2D eigenvalue weighted by Crippen LogP contribution is -2.46. The maximum atomic E-state index is 12.8. The maximum Gasteiger partial charge on any atom is 0.328 e. The number of piperidine rings is 1. The number of hydrogen-bond donors (Lipinski definition) is 1. The summed E-state index contributed by atoms with van der Waals surface area (Å²) >= 11 is 0. The molecule has 3 saturated heterocycles. The minimum Gasteiger partial charge on any atom is -0.339 e. The van der Waals surface area contributed by atoms with Crippen LogP contribution in [0.4, 0.5) is 0 Å². The Kier molecular flexibility index (Phi) is 4.27. The van der Waals surface area contributed by atoms with Gasteiger partial charge < -0.3 is 4.90 Å². The fraction of sp³-hybridized carbons (Fsp3) is 0.722. The molecule has 4 fully saturated rings. The van der Waals surface area contributed by atoms with Gasteiger partial charge in [-0.15, -0.1) is 0 Å². The number of carbonyl (C=O) groups excluding carboxylic acids is 1. The molecule has 5 rings (SSSR count). The van der Waals surface area contributed by atoms with Crippen molar-refractivity contribution in [3.63, 3.8) is 0 Å². The molecular formula is C18H26N4O3. The molecule has 1 amide bonds. The van der Waals surface area contributed by atoms with E-state index in [-0.39, 0.29) is 12.5 Å². The molecule has 1 aliphatic carbocycles. The minimum atomic E-state index is -0.517. The molecule has 1 aromatic rings. The molecule has 1 N–H and O–H groups in total. The van der Waals surface area contributed by atoms with Crippen LogP contribution in [-0.2, 0) is 11.3 Å². The van der Waals surface area contributed by atoms with E-state index in [0.29, 0.717) is 17.5 Å². The highest BCUT2D eigenvalue weighted by Gasteiger charge is 2.38. The molecule has 2 bridgehead atoms. The SMILES string of the molecule is Cc1cn(CC(=O)N2C[C@H]3CC[C@@H](C2)N(CC2CC2)C3)c(=O)[nH]c1=O. The summed E-state index contributed by atoms with van der Waals surface area (Å²) in [5, 5.41) is 0. The second-order valence-corrected chi connectivity index (χ2v) is 7.99. The number of aromatic nitrogens is 2. The fourth-order valence-corrected chi connectivity index (χ4v) is 4.22. The van der Waals surface area contributed by atoms with Gasteiger partial charge in [-0.05, 0) is 44.4 Å². The summed E-state index contributed by atoms with van der Waals surface area (Å²) in [5.74, 6) is 1.38. The molecule has 3 aliphatic heterocycles. The highest BCUT2D eigenvalue weighted by Crippen LogP contribution is 2.34. The van der Waals surface area contributed by atoms with Crippen molar-refractivity contribution in [2.45, 2.75) is 45.2 Å². The van der Waals surface area contributed by atoms with Crippen LogP contribution in [0.3, 0.4) is 0 Å². The number of H-pyrrole nitrogens is 1. The Bertz CT molecular complexity index is 779. The summed E-state index contributed by atoms with van der Waals surface area (Å²) in [6, 6.07) is 0.456. The van der Waals surface area contributed by atoms with Crippen molar-refractivity contribution in [3.8, 4) is 0 Å². The Morgan fingerprint density at radius 2 is 1.96 bits per heavy atom. The molecule has 136 valence electrons. The summed E-state index contributed by atoms with van der Waals surface area (Å²) in [6.45, 7) is 5.47. The number of nitrogens with zero attached hydrogens (tertiary/aromatic N) is 3. The van der Waals surface area contributed by atoms with Crippen molar-refractivity contribution in [3.05, 3.63) is 32.6 Å². The van der Waals surface area contributed by atoms with Gasteiger partial charge in [0.15, 0.2) is 0 Å². The lowest BCUT2D eigenvalue weighted by Gasteiger charge is -2.36. The largest absolute Gasteiger partial charge is 0.339 e. The standard InChI is InChI=1S/C18H26N4O3/c1-12-6-22(18(25)19-17(12)24)11-16(23)21-9-14-4-5-15(10-21)20(8-14)7-13-2-3-13/h6,13-15H,2-5,7-11H2,1H3,(H,19,24,25)/t14-,15-/m0/s1. The molecule has 1 saturated carbocycles. The van der Waals surface area contributed by atoms with Crippen molar-refractivity contribution in [1.82, 2.24) is 19.4 Å². The van der Waals surface area contributed by atoms with Crippen molar-refractivity contribution in [2.75, 3.05) is 26.2 Å². The summed E-state index contributed by atoms with van der Waals surface area (Å²) in [4.78, 5) is 43.0. The Labute approximate surface area is 146 Å². The molecule has 0 spiro atoms. The van der Waals surface area contributed by atoms with Crippen LogP contribution >= 0.6 is 0 Å². The Morgan fingerprint density at radius 1 is 1.16 bits per heavy atom. The fourth-order valence-electron chi connectivity index (χ4n) is 4.22. The van der Waals surface area contributed by atoms with Crippen LogP contribution in [0.25, 0.3) is 0 Å². The number of aryl methyl sites for hydroxylation is 1. The Morgan fingerprint density at radius 3 is 2.72 bits per heavy atom. The van der Waals surface area contributed by atoms with Crippen LogP contribution in [0, 0.1) is 18.8 Å². The van der Waals surface area contributed by atoms with Crippen LogP contribution in [0.1, 0.15) is 31.2 Å². The molecule has 1 aromatic heterocycles. The quantitative estimate of drug-likeness (QED) is 0.843. The smallest absolute Gasteiger partial charge is 0.328 e. The maximum absolute atomic E-state index is 12.8. The zero-order valence-electron chi connectivity index (χ0n) is 14.7. The molecule has 4 heterocycles. The molecule has 25 heavy (non-hydrogen) atoms. The summed E-state index contributed by atoms with van der Waals surface area (Å²) in [7, 11) is 0. The van der Waals surface area contributed by atoms with Gasteiger partial charge in [0.1, 0.15) is 6.54 Å². The van der Waals surface area contributed by atoms with Gasteiger partial charge in [-0.25, -0.2) is 4.79 Å². The van der Waals surface area contributed by atoms with Gasteiger partial charge in [-0.3, -0.25) is 24.0 Å². The molecule has 7 nitrogen and oxygen atoms in total. The first-order chi connectivity index (χ1) is 12.0. The monoisotopic (exact) mass is 346 g/mol. The van der Waals surface area contributed by atoms with E-state index in [1.807, 2.05) is 4.90 Å². The van der Waals surface area contributed by atoms with Gasteiger partial charge in [-0.1, -0.05) is 0 Å². The van der Waals surface area contributed by atoms with Crippen molar-refractivity contribution in [1.29, 1.82) is 0 Å². The molecule has 4 aliphatic rings. The van der Waals surface area contributed by atoms with E-state index in [1.165, 1.54) is 43.0 Å². The van der Waals surface area contributed by atoms with Crippen molar-refractivity contribution < 1.29 is 4.79 Å². The van der Waals surface area contributed by atoms with Gasteiger partial charge in [0.2, 0.25) is 5.91 Å². The third-order valence-electron chi connectivity index (χ3n) is 5.86. The summed E-state index contributed by atoms with van der Waals surface area (Å²) < 4.78 is 1.31. The van der Waals surface area contributed by atoms with Crippen molar-refractivity contribution >= 4 is 5.91 Å². The van der Waals surface area contributed by atoms with Crippen LogP contribution in [0.5, 0.6) is 0 Å². The molecule has 0 radical (unpaired) electrons. The highest BCUT2D eigenvalue weighted by molar-refractivity contribution is 5.76. The predicted octanol–water partition coefficient (Wildman–Crippen LogP) is 0.178. The van der Waals surface area contributed by atoms with Gasteiger partial charge >= 0.3 is 5.69 Å². The number of amides is 1. The zero-order valence-corrected chi connectivity index (χ0v) is 14.7. The van der Waals surface area contributed by atoms with E-state index in [1.54, 1.807) is 6.92 Å². The minimum absolute atomic E-state index is 0.00147. The predicted molar refractivity (Wildman–Crippen MR) is 93.4 cm³/mol. The molecule has 2 atom stereocenters. The first kappa shape index (κ1) is 16.6. The number of nitrogens with one attached hydrogen (secondary N) is 1. The highest BCUT2D eigenvalue weighted by atomic mass is 16.2. The van der Waals surface area contributed by atoms with E-state index < -0.39 is 11.2 Å². The topological polar surface area (TPSA) is 78.4 Å². The van der Waals surface area contributed by atoms with Crippen LogP contribution in [0.2, 0.25) is 0 Å². The lowest BCUT2D eigenvalue weighted by molar-refractivity contribution is -0.132. The molecule has 0 unspecified atom stereocenters. The van der Waals surface area contributed by atoms with E-state index in [9.17, 15) is 14.4 Å². The van der Waals surface area contributed by atoms with E-state index in [2.05, 4.69) is 9.88 Å². The average Bonchev–Trinajstić information content (AvgIpc) is 3.40. The number of fused-ring (bicyclic) bond motifs is 4. The van der Waals surface area contributed by atoms with Gasteiger partial charge in [0, 0.05) is 44.0 Å². The third kappa shape index (κ3) is 3.56. The van der Waals surface area contributed by atoms with E-state index in [4.69, 9.17) is 0 Å². The lowest BCUT2D eigenvalue weighted by atomic mass is 9.95. The number of rotatable bonds is 4. The van der Waals surface area contributed by atoms with Gasteiger partial charge in [0.25, 0.3) is 5.56 Å². The average molecular weight is 346 g/mol. The summed E-state index contributed by atoms with van der Waals surface area (Å²) in [5.41, 5.74) is -0.465. The first-order valence-corrected chi connectivity index (χ1v) is 9.32. The second kappa shape index (κ2) is 6.44. The van der Waals surface area contributed by atoms with Crippen LogP contribution < -0.4 is 11.2 Å². The van der Waals surface area contributed by atoms with Crippen molar-refractivity contribution in [2.24, 2.45) is 11.8 Å². The third-order valence-corrected chi connectivity index (χ3v) is 5.86. The second-order valence-electron chi connectivity index (χ2n) is 7.99. The first-order valence-electron chi connectivity index (χ1n) is 9.32. The molecular weight excluding hydrogens is 320 g/mol. The van der Waals surface area contributed by atoms with Crippen LogP contribution in [-0.4, -0.2) is 57.5 Å². The Balaban J connectivity index is 1.46. The molecule has 7 heteroatoms. The molecule has 0 aromatic carbocycles. The zero-order chi connectivity index (χ0) is 17.6. The number of carbonyl (C=O) groups is 1. The van der Waals surface area contributed by atoms with Crippen LogP contribution in [0.15, 0.2) is 15.8 Å². The summed E-state index contributed by atoms with van der Waals surface area (Å²) in [6.07, 6.45) is 6.53. The number of hydrogen-bond acceptors (Lipinski definition) is 4.